The first-order valence-corrected chi connectivity index (χ1v) is 9.81. The van der Waals surface area contributed by atoms with Gasteiger partial charge < -0.3 is 9.15 Å². The summed E-state index contributed by atoms with van der Waals surface area (Å²) in [6, 6.07) is 13.9. The summed E-state index contributed by atoms with van der Waals surface area (Å²) in [5.41, 5.74) is 2.45. The maximum absolute atomic E-state index is 6.50. The molecule has 4 heterocycles. The van der Waals surface area contributed by atoms with Crippen LogP contribution in [-0.2, 0) is 11.2 Å². The minimum Gasteiger partial charge on any atom is -0.461 e. The molecule has 1 unspecified atom stereocenters. The van der Waals surface area contributed by atoms with Crippen molar-refractivity contribution in [2.24, 2.45) is 0 Å². The Labute approximate surface area is 167 Å². The van der Waals surface area contributed by atoms with Gasteiger partial charge in [0.05, 0.1) is 6.26 Å². The molecule has 0 saturated carbocycles. The summed E-state index contributed by atoms with van der Waals surface area (Å²) in [5, 5.41) is 0.320. The van der Waals surface area contributed by atoms with Crippen LogP contribution < -0.4 is 0 Å². The monoisotopic (exact) mass is 394 g/mol. The second kappa shape index (κ2) is 7.37. The molecule has 0 bridgehead atoms. The number of halogens is 1. The third-order valence-electron chi connectivity index (χ3n) is 4.96. The van der Waals surface area contributed by atoms with E-state index < -0.39 is 0 Å². The van der Waals surface area contributed by atoms with E-state index in [1.54, 1.807) is 12.3 Å². The van der Waals surface area contributed by atoms with Gasteiger partial charge in [0.2, 0.25) is 0 Å². The number of rotatable bonds is 4. The lowest BCUT2D eigenvalue weighted by molar-refractivity contribution is -0.0311. The molecule has 3 aromatic heterocycles. The van der Waals surface area contributed by atoms with Crippen molar-refractivity contribution in [3.8, 4) is 11.6 Å². The molecule has 0 amide bonds. The molecule has 28 heavy (non-hydrogen) atoms. The van der Waals surface area contributed by atoms with Gasteiger partial charge in [-0.1, -0.05) is 41.9 Å². The van der Waals surface area contributed by atoms with Crippen molar-refractivity contribution in [2.75, 3.05) is 6.61 Å². The zero-order chi connectivity index (χ0) is 18.9. The highest BCUT2D eigenvalue weighted by molar-refractivity contribution is 6.33. The van der Waals surface area contributed by atoms with Gasteiger partial charge in [-0.15, -0.1) is 0 Å². The summed E-state index contributed by atoms with van der Waals surface area (Å²) in [5.74, 6) is 1.90. The normalized spacial score (nSPS) is 17.2. The molecule has 1 saturated heterocycles. The zero-order valence-corrected chi connectivity index (χ0v) is 16.0. The summed E-state index contributed by atoms with van der Waals surface area (Å²) < 4.78 is 13.6. The van der Waals surface area contributed by atoms with Crippen LogP contribution in [0.15, 0.2) is 53.1 Å². The first kappa shape index (κ1) is 17.4. The van der Waals surface area contributed by atoms with Crippen LogP contribution in [0.3, 0.4) is 0 Å². The summed E-state index contributed by atoms with van der Waals surface area (Å²) >= 11 is 6.50. The van der Waals surface area contributed by atoms with Gasteiger partial charge in [-0.25, -0.2) is 15.0 Å². The number of hydrogen-bond acceptors (Lipinski definition) is 5. The van der Waals surface area contributed by atoms with E-state index in [0.29, 0.717) is 34.3 Å². The lowest BCUT2D eigenvalue weighted by atomic mass is 10.1. The molecular formula is C21H19ClN4O2. The van der Waals surface area contributed by atoms with Crippen LogP contribution in [0.4, 0.5) is 0 Å². The first-order valence-electron chi connectivity index (χ1n) is 9.43. The molecule has 1 aromatic carbocycles. The van der Waals surface area contributed by atoms with Crippen LogP contribution in [0.5, 0.6) is 0 Å². The lowest BCUT2D eigenvalue weighted by Crippen LogP contribution is -2.20. The molecule has 1 atom stereocenters. The molecule has 0 spiro atoms. The van der Waals surface area contributed by atoms with Crippen LogP contribution in [-0.4, -0.2) is 26.1 Å². The molecule has 1 aliphatic rings. The van der Waals surface area contributed by atoms with Gasteiger partial charge in [-0.2, -0.15) is 0 Å². The van der Waals surface area contributed by atoms with Crippen molar-refractivity contribution >= 4 is 22.8 Å². The fraction of sp³-hybridized carbons (Fsp3) is 0.286. The molecule has 0 radical (unpaired) electrons. The quantitative estimate of drug-likeness (QED) is 0.454. The Morgan fingerprint density at radius 2 is 1.93 bits per heavy atom. The van der Waals surface area contributed by atoms with Crippen LogP contribution >= 0.6 is 11.6 Å². The summed E-state index contributed by atoms with van der Waals surface area (Å²) in [7, 11) is 0. The largest absolute Gasteiger partial charge is 0.461 e. The van der Waals surface area contributed by atoms with Gasteiger partial charge in [0.15, 0.2) is 22.4 Å². The van der Waals surface area contributed by atoms with Crippen LogP contribution in [0, 0.1) is 0 Å². The van der Waals surface area contributed by atoms with Crippen LogP contribution in [0.2, 0.25) is 5.15 Å². The first-order chi connectivity index (χ1) is 13.8. The molecular weight excluding hydrogens is 376 g/mol. The highest BCUT2D eigenvalue weighted by Crippen LogP contribution is 2.32. The number of benzene rings is 1. The molecule has 7 heteroatoms. The second-order valence-electron chi connectivity index (χ2n) is 6.87. The number of fused-ring (bicyclic) bond motifs is 1. The fourth-order valence-electron chi connectivity index (χ4n) is 3.63. The minimum atomic E-state index is -0.104. The maximum Gasteiger partial charge on any atom is 0.199 e. The van der Waals surface area contributed by atoms with E-state index >= 15 is 0 Å². The van der Waals surface area contributed by atoms with E-state index in [1.807, 2.05) is 24.3 Å². The van der Waals surface area contributed by atoms with Crippen LogP contribution in [0.1, 0.15) is 36.9 Å². The number of imidazole rings is 1. The Bertz CT molecular complexity index is 1090. The van der Waals surface area contributed by atoms with Gasteiger partial charge in [0, 0.05) is 13.0 Å². The highest BCUT2D eigenvalue weighted by atomic mass is 35.5. The van der Waals surface area contributed by atoms with Gasteiger partial charge in [0.1, 0.15) is 17.6 Å². The van der Waals surface area contributed by atoms with Crippen molar-refractivity contribution in [1.82, 2.24) is 19.5 Å². The van der Waals surface area contributed by atoms with Gasteiger partial charge >= 0.3 is 0 Å². The third kappa shape index (κ3) is 3.19. The predicted octanol–water partition coefficient (Wildman–Crippen LogP) is 5.03. The SMILES string of the molecule is Clc1nc(-c2ccco2)nc2c1nc(Cc1ccccc1)n2C1CCCCO1. The third-order valence-corrected chi connectivity index (χ3v) is 5.22. The number of nitrogens with zero attached hydrogens (tertiary/aromatic N) is 4. The molecule has 142 valence electrons. The topological polar surface area (TPSA) is 66.0 Å². The molecule has 1 aliphatic heterocycles. The standard InChI is InChI=1S/C21H19ClN4O2/c22-19-18-21(25-20(24-19)15-9-6-12-27-15)26(17-10-4-5-11-28-17)16(23-18)13-14-7-2-1-3-8-14/h1-3,6-9,12,17H,4-5,10-11,13H2. The molecule has 1 fully saturated rings. The zero-order valence-electron chi connectivity index (χ0n) is 15.2. The van der Waals surface area contributed by atoms with Crippen molar-refractivity contribution in [2.45, 2.75) is 31.9 Å². The lowest BCUT2D eigenvalue weighted by Gasteiger charge is -2.25. The van der Waals surface area contributed by atoms with E-state index in [2.05, 4.69) is 21.7 Å². The number of furan rings is 1. The van der Waals surface area contributed by atoms with E-state index in [4.69, 9.17) is 30.7 Å². The second-order valence-corrected chi connectivity index (χ2v) is 7.23. The Hall–Kier alpha value is -2.70. The average molecular weight is 395 g/mol. The van der Waals surface area contributed by atoms with E-state index in [-0.39, 0.29) is 6.23 Å². The maximum atomic E-state index is 6.50. The van der Waals surface area contributed by atoms with E-state index in [0.717, 1.165) is 31.7 Å². The summed E-state index contributed by atoms with van der Waals surface area (Å²) in [4.78, 5) is 13.9. The highest BCUT2D eigenvalue weighted by Gasteiger charge is 2.25. The van der Waals surface area contributed by atoms with Crippen molar-refractivity contribution in [3.05, 3.63) is 65.3 Å². The van der Waals surface area contributed by atoms with Crippen molar-refractivity contribution in [3.63, 3.8) is 0 Å². The van der Waals surface area contributed by atoms with Gasteiger partial charge in [-0.3, -0.25) is 4.57 Å². The molecule has 4 aromatic rings. The average Bonchev–Trinajstić information content (AvgIpc) is 3.38. The Balaban J connectivity index is 1.68. The Kier molecular flexibility index (Phi) is 4.58. The van der Waals surface area contributed by atoms with E-state index in [1.165, 1.54) is 5.56 Å². The summed E-state index contributed by atoms with van der Waals surface area (Å²) in [6.45, 7) is 0.735. The molecule has 5 rings (SSSR count). The van der Waals surface area contributed by atoms with Gasteiger partial charge in [-0.05, 0) is 37.0 Å². The predicted molar refractivity (Wildman–Crippen MR) is 106 cm³/mol. The summed E-state index contributed by atoms with van der Waals surface area (Å²) in [6.07, 6.45) is 5.27. The Morgan fingerprint density at radius 1 is 1.04 bits per heavy atom. The minimum absolute atomic E-state index is 0.104. The fourth-order valence-corrected chi connectivity index (χ4v) is 3.84. The smallest absolute Gasteiger partial charge is 0.199 e. The van der Waals surface area contributed by atoms with Crippen molar-refractivity contribution < 1.29 is 9.15 Å². The van der Waals surface area contributed by atoms with Gasteiger partial charge in [0.25, 0.3) is 0 Å². The molecule has 0 N–H and O–H groups in total. The molecule has 6 nitrogen and oxygen atoms in total. The Morgan fingerprint density at radius 3 is 2.68 bits per heavy atom. The number of aromatic nitrogens is 4. The van der Waals surface area contributed by atoms with E-state index in [9.17, 15) is 0 Å². The molecule has 0 aliphatic carbocycles. The number of hydrogen-bond donors (Lipinski definition) is 0. The van der Waals surface area contributed by atoms with Crippen LogP contribution in [0.25, 0.3) is 22.7 Å². The van der Waals surface area contributed by atoms with Crippen molar-refractivity contribution in [1.29, 1.82) is 0 Å². The number of ether oxygens (including phenoxy) is 1.